The van der Waals surface area contributed by atoms with Crippen molar-refractivity contribution < 1.29 is 14.2 Å². The zero-order valence-electron chi connectivity index (χ0n) is 13.3. The van der Waals surface area contributed by atoms with Crippen LogP contribution < -0.4 is 5.32 Å². The number of aryl methyl sites for hydroxylation is 2. The lowest BCUT2D eigenvalue weighted by Crippen LogP contribution is -2.83. The molecule has 2 heterocycles. The molecule has 0 bridgehead atoms. The van der Waals surface area contributed by atoms with Gasteiger partial charge in [-0.05, 0) is 32.9 Å². The van der Waals surface area contributed by atoms with Crippen molar-refractivity contribution in [2.75, 3.05) is 0 Å². The molecular weight excluding hydrogens is 314 g/mol. The summed E-state index contributed by atoms with van der Waals surface area (Å²) in [5.74, 6) is 2.69. The largest absolute Gasteiger partial charge is 0.466 e. The molecule has 0 spiro atoms. The fourth-order valence-electron chi connectivity index (χ4n) is 2.54. The molecule has 0 unspecified atom stereocenters. The summed E-state index contributed by atoms with van der Waals surface area (Å²) in [6.45, 7) is 6.47. The number of quaternary nitrogens is 1. The molecule has 0 aliphatic rings. The molecule has 120 valence electrons. The second-order valence-electron chi connectivity index (χ2n) is 5.58. The van der Waals surface area contributed by atoms with Crippen molar-refractivity contribution in [1.29, 1.82) is 0 Å². The molecule has 0 fully saturated rings. The highest BCUT2D eigenvalue weighted by molar-refractivity contribution is 6.31. The van der Waals surface area contributed by atoms with Gasteiger partial charge in [0.1, 0.15) is 17.6 Å². The van der Waals surface area contributed by atoms with E-state index in [9.17, 15) is 0 Å². The minimum absolute atomic E-state index is 0.206. The standard InChI is InChI=1S/C17H18ClN3O2/c1-10-8-14(12(3)22-10)17-21-20-16(23-17)9-19-11(2)13-6-4-5-7-15(13)18/h4-8,11,19H,9H2,1-3H3/p+1/t11-/m1/s1. The molecule has 0 radical (unpaired) electrons. The fourth-order valence-corrected chi connectivity index (χ4v) is 2.84. The summed E-state index contributed by atoms with van der Waals surface area (Å²) in [6.07, 6.45) is 0. The van der Waals surface area contributed by atoms with Gasteiger partial charge in [-0.3, -0.25) is 0 Å². The maximum absolute atomic E-state index is 6.22. The highest BCUT2D eigenvalue weighted by atomic mass is 35.5. The molecule has 0 saturated carbocycles. The number of halogens is 1. The molecule has 5 nitrogen and oxygen atoms in total. The van der Waals surface area contributed by atoms with Gasteiger partial charge in [0.15, 0.2) is 6.54 Å². The summed E-state index contributed by atoms with van der Waals surface area (Å²) < 4.78 is 11.2. The van der Waals surface area contributed by atoms with Crippen molar-refractivity contribution in [2.24, 2.45) is 0 Å². The van der Waals surface area contributed by atoms with Crippen LogP contribution in [0.3, 0.4) is 0 Å². The van der Waals surface area contributed by atoms with Crippen LogP contribution in [0.5, 0.6) is 0 Å². The van der Waals surface area contributed by atoms with Gasteiger partial charge in [-0.2, -0.15) is 0 Å². The number of hydrogen-bond donors (Lipinski definition) is 1. The number of nitrogens with zero attached hydrogens (tertiary/aromatic N) is 2. The Morgan fingerprint density at radius 3 is 2.65 bits per heavy atom. The number of nitrogens with two attached hydrogens (primary N) is 1. The molecule has 6 heteroatoms. The lowest BCUT2D eigenvalue weighted by Gasteiger charge is -2.10. The summed E-state index contributed by atoms with van der Waals surface area (Å²) in [6, 6.07) is 9.95. The van der Waals surface area contributed by atoms with Gasteiger partial charge in [0.25, 0.3) is 11.8 Å². The van der Waals surface area contributed by atoms with Crippen molar-refractivity contribution in [3.05, 3.63) is 58.3 Å². The molecule has 0 aliphatic carbocycles. The molecule has 1 atom stereocenters. The Balaban J connectivity index is 1.68. The van der Waals surface area contributed by atoms with Crippen LogP contribution in [-0.4, -0.2) is 10.2 Å². The Morgan fingerprint density at radius 2 is 1.96 bits per heavy atom. The molecule has 1 aromatic carbocycles. The van der Waals surface area contributed by atoms with Gasteiger partial charge in [0, 0.05) is 10.6 Å². The normalized spacial score (nSPS) is 12.5. The van der Waals surface area contributed by atoms with E-state index in [1.807, 2.05) is 44.2 Å². The monoisotopic (exact) mass is 332 g/mol. The van der Waals surface area contributed by atoms with Crippen molar-refractivity contribution in [1.82, 2.24) is 10.2 Å². The van der Waals surface area contributed by atoms with E-state index < -0.39 is 0 Å². The third-order valence-corrected chi connectivity index (χ3v) is 4.12. The Hall–Kier alpha value is -2.11. The Morgan fingerprint density at radius 1 is 1.17 bits per heavy atom. The van der Waals surface area contributed by atoms with E-state index in [0.29, 0.717) is 18.3 Å². The third-order valence-electron chi connectivity index (χ3n) is 3.78. The van der Waals surface area contributed by atoms with Crippen LogP contribution in [0.15, 0.2) is 39.2 Å². The second kappa shape index (κ2) is 6.56. The summed E-state index contributed by atoms with van der Waals surface area (Å²) in [5, 5.41) is 11.1. The van der Waals surface area contributed by atoms with E-state index in [4.69, 9.17) is 20.4 Å². The number of rotatable bonds is 5. The first kappa shape index (κ1) is 15.8. The van der Waals surface area contributed by atoms with Crippen LogP contribution in [0.25, 0.3) is 11.5 Å². The molecule has 23 heavy (non-hydrogen) atoms. The van der Waals surface area contributed by atoms with Crippen LogP contribution in [-0.2, 0) is 6.54 Å². The SMILES string of the molecule is Cc1cc(-c2nnc(C[NH2+][C@H](C)c3ccccc3Cl)o2)c(C)o1. The quantitative estimate of drug-likeness (QED) is 0.777. The van der Waals surface area contributed by atoms with Crippen LogP contribution in [0, 0.1) is 13.8 Å². The van der Waals surface area contributed by atoms with Crippen LogP contribution in [0.1, 0.15) is 35.9 Å². The van der Waals surface area contributed by atoms with Gasteiger partial charge in [0.2, 0.25) is 0 Å². The van der Waals surface area contributed by atoms with Crippen LogP contribution >= 0.6 is 11.6 Å². The molecule has 0 aliphatic heterocycles. The first-order chi connectivity index (χ1) is 11.0. The Bertz CT molecular complexity index is 810. The molecule has 2 aromatic heterocycles. The molecule has 3 rings (SSSR count). The number of furan rings is 1. The number of benzene rings is 1. The second-order valence-corrected chi connectivity index (χ2v) is 5.99. The zero-order chi connectivity index (χ0) is 16.4. The van der Waals surface area contributed by atoms with E-state index in [1.165, 1.54) is 0 Å². The van der Waals surface area contributed by atoms with Crippen molar-refractivity contribution in [3.63, 3.8) is 0 Å². The topological polar surface area (TPSA) is 68.7 Å². The maximum Gasteiger partial charge on any atom is 0.271 e. The van der Waals surface area contributed by atoms with Gasteiger partial charge in [0.05, 0.1) is 5.56 Å². The Kier molecular flexibility index (Phi) is 4.50. The molecular formula is C17H19ClN3O2+. The first-order valence-electron chi connectivity index (χ1n) is 7.52. The van der Waals surface area contributed by atoms with E-state index in [0.717, 1.165) is 27.7 Å². The number of hydrogen-bond acceptors (Lipinski definition) is 4. The van der Waals surface area contributed by atoms with Crippen molar-refractivity contribution in [2.45, 2.75) is 33.4 Å². The first-order valence-corrected chi connectivity index (χ1v) is 7.90. The summed E-state index contributed by atoms with van der Waals surface area (Å²) in [7, 11) is 0. The van der Waals surface area contributed by atoms with E-state index in [1.54, 1.807) is 0 Å². The predicted octanol–water partition coefficient (Wildman–Crippen LogP) is 3.42. The smallest absolute Gasteiger partial charge is 0.271 e. The summed E-state index contributed by atoms with van der Waals surface area (Å²) in [4.78, 5) is 0. The van der Waals surface area contributed by atoms with E-state index >= 15 is 0 Å². The van der Waals surface area contributed by atoms with Gasteiger partial charge < -0.3 is 14.2 Å². The minimum atomic E-state index is 0.206. The van der Waals surface area contributed by atoms with Crippen LogP contribution in [0.2, 0.25) is 5.02 Å². The average Bonchev–Trinajstić information content (AvgIpc) is 3.11. The molecule has 3 aromatic rings. The van der Waals surface area contributed by atoms with Gasteiger partial charge in [-0.25, -0.2) is 0 Å². The highest BCUT2D eigenvalue weighted by Crippen LogP contribution is 2.25. The third kappa shape index (κ3) is 3.46. The van der Waals surface area contributed by atoms with Crippen LogP contribution in [0.4, 0.5) is 0 Å². The van der Waals surface area contributed by atoms with Gasteiger partial charge in [-0.1, -0.05) is 29.8 Å². The van der Waals surface area contributed by atoms with Crippen molar-refractivity contribution in [3.8, 4) is 11.5 Å². The highest BCUT2D eigenvalue weighted by Gasteiger charge is 2.17. The van der Waals surface area contributed by atoms with Crippen molar-refractivity contribution >= 4 is 11.6 Å². The van der Waals surface area contributed by atoms with E-state index in [2.05, 4.69) is 22.4 Å². The summed E-state index contributed by atoms with van der Waals surface area (Å²) >= 11 is 6.22. The lowest BCUT2D eigenvalue weighted by atomic mass is 10.1. The average molecular weight is 333 g/mol. The lowest BCUT2D eigenvalue weighted by molar-refractivity contribution is -0.709. The van der Waals surface area contributed by atoms with E-state index in [-0.39, 0.29) is 6.04 Å². The zero-order valence-corrected chi connectivity index (χ0v) is 14.1. The maximum atomic E-state index is 6.22. The van der Waals surface area contributed by atoms with Gasteiger partial charge in [-0.15, -0.1) is 10.2 Å². The number of aromatic nitrogens is 2. The van der Waals surface area contributed by atoms with Gasteiger partial charge >= 0.3 is 0 Å². The molecule has 0 amide bonds. The predicted molar refractivity (Wildman–Crippen MR) is 87.0 cm³/mol. The minimum Gasteiger partial charge on any atom is -0.466 e. The fraction of sp³-hybridized carbons (Fsp3) is 0.294. The molecule has 0 saturated heterocycles. The summed E-state index contributed by atoms with van der Waals surface area (Å²) in [5.41, 5.74) is 1.94. The Labute approximate surface area is 139 Å². The molecule has 2 N–H and O–H groups in total.